The first-order chi connectivity index (χ1) is 23.1. The van der Waals surface area contributed by atoms with Crippen LogP contribution >= 0.6 is 0 Å². The van der Waals surface area contributed by atoms with Gasteiger partial charge in [0.1, 0.15) is 12.1 Å². The highest BCUT2D eigenvalue weighted by Crippen LogP contribution is 2.29. The summed E-state index contributed by atoms with van der Waals surface area (Å²) in [5.41, 5.74) is 0.922. The van der Waals surface area contributed by atoms with Gasteiger partial charge in [0.2, 0.25) is 17.7 Å². The molecule has 268 valence electrons. The monoisotopic (exact) mass is 668 g/mol. The van der Waals surface area contributed by atoms with Crippen LogP contribution in [-0.2, 0) is 25.5 Å². The van der Waals surface area contributed by atoms with Crippen LogP contribution in [0.15, 0.2) is 30.3 Å². The lowest BCUT2D eigenvalue weighted by atomic mass is 9.82. The van der Waals surface area contributed by atoms with Crippen molar-refractivity contribution in [2.24, 2.45) is 17.8 Å². The summed E-state index contributed by atoms with van der Waals surface area (Å²) in [5, 5.41) is 28.0. The number of aliphatic hydroxyl groups is 2. The third-order valence-electron chi connectivity index (χ3n) is 9.67. The van der Waals surface area contributed by atoms with E-state index < -0.39 is 42.0 Å². The Balaban J connectivity index is 1.74. The molecule has 2 aliphatic rings. The second kappa shape index (κ2) is 21.2. The summed E-state index contributed by atoms with van der Waals surface area (Å²) in [6.07, 6.45) is 4.74. The lowest BCUT2D eigenvalue weighted by molar-refractivity contribution is -0.137. The van der Waals surface area contributed by atoms with Crippen LogP contribution in [0.4, 0.5) is 0 Å². The number of nitrogens with zero attached hydrogens (tertiary/aromatic N) is 2. The number of hydrogen-bond acceptors (Lipinski definition) is 7. The van der Waals surface area contributed by atoms with Crippen LogP contribution in [0.25, 0.3) is 0 Å². The Bertz CT molecular complexity index is 1170. The molecule has 1 saturated heterocycles. The lowest BCUT2D eigenvalue weighted by Crippen LogP contribution is -2.56. The molecule has 0 aromatic heterocycles. The third kappa shape index (κ3) is 13.9. The summed E-state index contributed by atoms with van der Waals surface area (Å²) in [5.74, 6) is 4.60. The van der Waals surface area contributed by atoms with Crippen molar-refractivity contribution < 1.29 is 29.3 Å². The van der Waals surface area contributed by atoms with E-state index in [1.807, 2.05) is 44.2 Å². The van der Waals surface area contributed by atoms with Crippen LogP contribution in [0, 0.1) is 29.6 Å². The van der Waals surface area contributed by atoms with Crippen molar-refractivity contribution in [2.75, 3.05) is 46.4 Å². The number of nitrogens with one attached hydrogen (secondary N) is 2. The van der Waals surface area contributed by atoms with Crippen molar-refractivity contribution in [2.45, 2.75) is 109 Å². The molecule has 10 heteroatoms. The van der Waals surface area contributed by atoms with Gasteiger partial charge in [0.15, 0.2) is 0 Å². The van der Waals surface area contributed by atoms with E-state index in [1.54, 1.807) is 18.9 Å². The number of ether oxygens (including phenoxy) is 1. The highest BCUT2D eigenvalue weighted by molar-refractivity contribution is 5.91. The molecular formula is C38H60N4O6. The van der Waals surface area contributed by atoms with E-state index >= 15 is 0 Å². The standard InChI is InChI=1S/C38H60N4O6/c1-5-6-17-32(38(47)40-33(26-30-15-11-8-12-16-30)36(45)34(43)24-28(2)3)39-37(46)31(25-29-13-9-7-10-14-29)27-35(44)41(4)18-19-42-20-22-48-23-21-42/h7,9-10,13-14,28,30-34,36,43,45H,8,11-12,15-27H2,1-4H3,(H,39,46)(H,40,47)/t31-,32?,33+,34+,36?/m1/s1. The largest absolute Gasteiger partial charge is 0.390 e. The molecule has 0 radical (unpaired) electrons. The number of benzene rings is 1. The first-order valence-electron chi connectivity index (χ1n) is 18.0. The molecule has 10 nitrogen and oxygen atoms in total. The second-order valence-corrected chi connectivity index (χ2v) is 14.1. The van der Waals surface area contributed by atoms with Gasteiger partial charge in [-0.15, -0.1) is 11.8 Å². The van der Waals surface area contributed by atoms with Gasteiger partial charge in [-0.3, -0.25) is 19.3 Å². The summed E-state index contributed by atoms with van der Waals surface area (Å²) in [4.78, 5) is 45.1. The van der Waals surface area contributed by atoms with Crippen LogP contribution in [0.2, 0.25) is 0 Å². The van der Waals surface area contributed by atoms with Gasteiger partial charge in [0.25, 0.3) is 0 Å². The molecule has 3 rings (SSSR count). The molecule has 5 atom stereocenters. The summed E-state index contributed by atoms with van der Waals surface area (Å²) in [6, 6.07) is 7.92. The van der Waals surface area contributed by atoms with Gasteiger partial charge >= 0.3 is 0 Å². The van der Waals surface area contributed by atoms with Gasteiger partial charge in [0.05, 0.1) is 31.3 Å². The number of likely N-dealkylation sites (N-methyl/N-ethyl adjacent to an activating group) is 1. The minimum atomic E-state index is -1.14. The van der Waals surface area contributed by atoms with Gasteiger partial charge in [-0.1, -0.05) is 76.3 Å². The van der Waals surface area contributed by atoms with E-state index in [9.17, 15) is 24.6 Å². The molecule has 3 amide bonds. The van der Waals surface area contributed by atoms with Crippen LogP contribution in [0.5, 0.6) is 0 Å². The molecule has 2 fully saturated rings. The third-order valence-corrected chi connectivity index (χ3v) is 9.67. The number of amides is 3. The zero-order chi connectivity index (χ0) is 34.9. The van der Waals surface area contributed by atoms with Crippen molar-refractivity contribution in [3.63, 3.8) is 0 Å². The van der Waals surface area contributed by atoms with Crippen molar-refractivity contribution in [3.05, 3.63) is 35.9 Å². The molecule has 48 heavy (non-hydrogen) atoms. The minimum Gasteiger partial charge on any atom is -0.390 e. The lowest BCUT2D eigenvalue weighted by Gasteiger charge is -2.33. The molecule has 0 spiro atoms. The van der Waals surface area contributed by atoms with Crippen LogP contribution in [-0.4, -0.2) is 108 Å². The average Bonchev–Trinajstić information content (AvgIpc) is 3.08. The molecule has 4 N–H and O–H groups in total. The SMILES string of the molecule is CC#CCC(NC(=O)[C@@H](CC(=O)N(C)CCN1CCOCC1)Cc1ccccc1)C(=O)N[C@@H](CC1CCCCC1)C(O)[C@@H](O)CC(C)C. The molecule has 1 aliphatic heterocycles. The summed E-state index contributed by atoms with van der Waals surface area (Å²) >= 11 is 0. The molecular weight excluding hydrogens is 608 g/mol. The fourth-order valence-electron chi connectivity index (χ4n) is 6.71. The van der Waals surface area contributed by atoms with Crippen molar-refractivity contribution in [1.29, 1.82) is 0 Å². The van der Waals surface area contributed by atoms with Crippen molar-refractivity contribution in [1.82, 2.24) is 20.4 Å². The van der Waals surface area contributed by atoms with Gasteiger partial charge in [-0.2, -0.15) is 0 Å². The van der Waals surface area contributed by atoms with Crippen LogP contribution < -0.4 is 10.6 Å². The summed E-state index contributed by atoms with van der Waals surface area (Å²) < 4.78 is 5.43. The maximum atomic E-state index is 13.9. The Hall–Kier alpha value is -2.97. The molecule has 1 aromatic rings. The van der Waals surface area contributed by atoms with Gasteiger partial charge in [-0.05, 0) is 43.6 Å². The van der Waals surface area contributed by atoms with E-state index in [1.165, 1.54) is 6.42 Å². The zero-order valence-electron chi connectivity index (χ0n) is 29.7. The molecule has 2 unspecified atom stereocenters. The number of aliphatic hydroxyl groups excluding tert-OH is 2. The first kappa shape index (κ1) is 39.5. The average molecular weight is 669 g/mol. The number of carbonyl (C=O) groups is 3. The Morgan fingerprint density at radius 1 is 1.02 bits per heavy atom. The molecule has 1 aromatic carbocycles. The zero-order valence-corrected chi connectivity index (χ0v) is 29.7. The van der Waals surface area contributed by atoms with E-state index in [0.29, 0.717) is 44.9 Å². The molecule has 0 bridgehead atoms. The number of morpholine rings is 1. The highest BCUT2D eigenvalue weighted by Gasteiger charge is 2.34. The van der Waals surface area contributed by atoms with E-state index in [0.717, 1.165) is 50.9 Å². The van der Waals surface area contributed by atoms with Gasteiger partial charge in [0, 0.05) is 46.1 Å². The van der Waals surface area contributed by atoms with Gasteiger partial charge in [-0.25, -0.2) is 0 Å². The number of carbonyl (C=O) groups excluding carboxylic acids is 3. The molecule has 1 saturated carbocycles. The Morgan fingerprint density at radius 2 is 1.71 bits per heavy atom. The second-order valence-electron chi connectivity index (χ2n) is 14.1. The maximum absolute atomic E-state index is 13.9. The molecule has 1 heterocycles. The smallest absolute Gasteiger partial charge is 0.243 e. The number of rotatable bonds is 18. The van der Waals surface area contributed by atoms with E-state index in [4.69, 9.17) is 4.74 Å². The first-order valence-corrected chi connectivity index (χ1v) is 18.0. The van der Waals surface area contributed by atoms with Crippen molar-refractivity contribution in [3.8, 4) is 11.8 Å². The fourth-order valence-corrected chi connectivity index (χ4v) is 6.71. The highest BCUT2D eigenvalue weighted by atomic mass is 16.5. The Kier molecular flexibility index (Phi) is 17.4. The minimum absolute atomic E-state index is 0.00144. The Labute approximate surface area is 288 Å². The summed E-state index contributed by atoms with van der Waals surface area (Å²) in [6.45, 7) is 9.97. The van der Waals surface area contributed by atoms with E-state index in [2.05, 4.69) is 27.4 Å². The predicted octanol–water partition coefficient (Wildman–Crippen LogP) is 3.15. The Morgan fingerprint density at radius 3 is 2.35 bits per heavy atom. The van der Waals surface area contributed by atoms with E-state index in [-0.39, 0.29) is 24.7 Å². The quantitative estimate of drug-likeness (QED) is 0.177. The predicted molar refractivity (Wildman–Crippen MR) is 188 cm³/mol. The van der Waals surface area contributed by atoms with Crippen LogP contribution in [0.1, 0.15) is 84.1 Å². The summed E-state index contributed by atoms with van der Waals surface area (Å²) in [7, 11) is 1.76. The van der Waals surface area contributed by atoms with Gasteiger partial charge < -0.3 is 30.5 Å². The number of hydrogen-bond donors (Lipinski definition) is 4. The maximum Gasteiger partial charge on any atom is 0.243 e. The topological polar surface area (TPSA) is 131 Å². The fraction of sp³-hybridized carbons (Fsp3) is 0.711. The van der Waals surface area contributed by atoms with Crippen LogP contribution in [0.3, 0.4) is 0 Å². The van der Waals surface area contributed by atoms with Crippen molar-refractivity contribution >= 4 is 17.7 Å². The molecule has 1 aliphatic carbocycles. The normalized spacial score (nSPS) is 18.9.